The maximum Gasteiger partial charge on any atom is 0.341 e. The number of nitrogens with one attached hydrogen (secondary N) is 2. The van der Waals surface area contributed by atoms with E-state index in [9.17, 15) is 13.2 Å². The Morgan fingerprint density at radius 2 is 2.28 bits per heavy atom. The van der Waals surface area contributed by atoms with Gasteiger partial charge >= 0.3 is 5.97 Å². The predicted molar refractivity (Wildman–Crippen MR) is 59.6 cm³/mol. The Hall–Kier alpha value is -2.36. The molecular formula is C8H9N5O4S. The first-order chi connectivity index (χ1) is 8.42. The van der Waals surface area contributed by atoms with Gasteiger partial charge in [-0.25, -0.2) is 4.79 Å². The molecule has 0 amide bonds. The second kappa shape index (κ2) is 4.14. The number of sulfonamides is 1. The van der Waals surface area contributed by atoms with Crippen molar-refractivity contribution in [2.45, 2.75) is 5.03 Å². The average molecular weight is 271 g/mol. The van der Waals surface area contributed by atoms with Gasteiger partial charge in [-0.3, -0.25) is 14.5 Å². The number of carboxylic acid groups (broad SMARTS) is 1. The minimum atomic E-state index is -3.91. The van der Waals surface area contributed by atoms with Crippen LogP contribution in [0.3, 0.4) is 0 Å². The molecule has 0 saturated heterocycles. The Bertz CT molecular complexity index is 672. The van der Waals surface area contributed by atoms with Crippen molar-refractivity contribution in [1.82, 2.24) is 20.0 Å². The number of aromatic amines is 1. The van der Waals surface area contributed by atoms with Crippen LogP contribution < -0.4 is 4.72 Å². The van der Waals surface area contributed by atoms with E-state index in [4.69, 9.17) is 5.11 Å². The van der Waals surface area contributed by atoms with Gasteiger partial charge in [-0.05, 0) is 6.07 Å². The zero-order chi connectivity index (χ0) is 13.3. The molecule has 0 saturated carbocycles. The number of hydrogen-bond donors (Lipinski definition) is 3. The Morgan fingerprint density at radius 3 is 2.83 bits per heavy atom. The third kappa shape index (κ3) is 2.05. The Kier molecular flexibility index (Phi) is 2.79. The Balaban J connectivity index is 2.41. The third-order valence-corrected chi connectivity index (χ3v) is 3.43. The third-order valence-electron chi connectivity index (χ3n) is 2.16. The summed E-state index contributed by atoms with van der Waals surface area (Å²) in [4.78, 5) is 10.9. The number of aromatic nitrogens is 4. The first kappa shape index (κ1) is 12.1. The zero-order valence-corrected chi connectivity index (χ0v) is 9.97. The number of hydrogen-bond acceptors (Lipinski definition) is 5. The van der Waals surface area contributed by atoms with Crippen LogP contribution in [0.1, 0.15) is 10.4 Å². The molecule has 2 heterocycles. The number of H-pyrrole nitrogens is 1. The van der Waals surface area contributed by atoms with Crippen molar-refractivity contribution in [3.8, 4) is 0 Å². The molecular weight excluding hydrogens is 262 g/mol. The summed E-state index contributed by atoms with van der Waals surface area (Å²) in [6.45, 7) is 0. The highest BCUT2D eigenvalue weighted by atomic mass is 32.2. The highest BCUT2D eigenvalue weighted by Gasteiger charge is 2.22. The molecule has 0 spiro atoms. The van der Waals surface area contributed by atoms with Crippen molar-refractivity contribution in [2.75, 3.05) is 4.72 Å². The summed E-state index contributed by atoms with van der Waals surface area (Å²) in [6.07, 6.45) is 2.34. The van der Waals surface area contributed by atoms with Crippen LogP contribution in [0.15, 0.2) is 23.5 Å². The number of aromatic carboxylic acids is 1. The van der Waals surface area contributed by atoms with Gasteiger partial charge in [0.25, 0.3) is 10.0 Å². The molecule has 18 heavy (non-hydrogen) atoms. The lowest BCUT2D eigenvalue weighted by molar-refractivity contribution is 0.0698. The largest absolute Gasteiger partial charge is 0.477 e. The summed E-state index contributed by atoms with van der Waals surface area (Å²) in [5, 5.41) is 18.2. The minimum absolute atomic E-state index is 0.128. The van der Waals surface area contributed by atoms with Crippen molar-refractivity contribution in [3.63, 3.8) is 0 Å². The molecule has 0 aromatic carbocycles. The fourth-order valence-corrected chi connectivity index (χ4v) is 2.31. The molecule has 96 valence electrons. The van der Waals surface area contributed by atoms with Crippen molar-refractivity contribution in [1.29, 1.82) is 0 Å². The SMILES string of the molecule is Cn1ncc(C(=O)O)c1NS(=O)(=O)c1ccn[nH]1. The summed E-state index contributed by atoms with van der Waals surface area (Å²) >= 11 is 0. The van der Waals surface area contributed by atoms with E-state index >= 15 is 0 Å². The highest BCUT2D eigenvalue weighted by Crippen LogP contribution is 2.18. The summed E-state index contributed by atoms with van der Waals surface area (Å²) in [5.41, 5.74) is -0.236. The van der Waals surface area contributed by atoms with Gasteiger partial charge in [0.15, 0.2) is 10.8 Å². The van der Waals surface area contributed by atoms with Gasteiger partial charge in [-0.2, -0.15) is 18.6 Å². The molecule has 0 aliphatic carbocycles. The first-order valence-electron chi connectivity index (χ1n) is 4.69. The average Bonchev–Trinajstić information content (AvgIpc) is 2.89. The van der Waals surface area contributed by atoms with Crippen molar-refractivity contribution < 1.29 is 18.3 Å². The Labute approximate surface area is 101 Å². The molecule has 0 fully saturated rings. The van der Waals surface area contributed by atoms with Gasteiger partial charge in [-0.15, -0.1) is 0 Å². The fourth-order valence-electron chi connectivity index (χ4n) is 1.29. The van der Waals surface area contributed by atoms with Crippen molar-refractivity contribution >= 4 is 21.8 Å². The van der Waals surface area contributed by atoms with Crippen LogP contribution in [0.4, 0.5) is 5.82 Å². The van der Waals surface area contributed by atoms with Crippen LogP contribution in [0.2, 0.25) is 0 Å². The lowest BCUT2D eigenvalue weighted by Gasteiger charge is -2.07. The van der Waals surface area contributed by atoms with Gasteiger partial charge in [0.2, 0.25) is 0 Å². The number of carbonyl (C=O) groups is 1. The van der Waals surface area contributed by atoms with Crippen molar-refractivity contribution in [3.05, 3.63) is 24.0 Å². The molecule has 2 aromatic rings. The van der Waals surface area contributed by atoms with Gasteiger partial charge in [0, 0.05) is 7.05 Å². The predicted octanol–water partition coefficient (Wildman–Crippen LogP) is -0.358. The summed E-state index contributed by atoms with van der Waals surface area (Å²) in [6, 6.07) is 1.25. The lowest BCUT2D eigenvalue weighted by atomic mass is 10.3. The van der Waals surface area contributed by atoms with E-state index < -0.39 is 16.0 Å². The number of nitrogens with zero attached hydrogens (tertiary/aromatic N) is 3. The maximum atomic E-state index is 11.9. The van der Waals surface area contributed by atoms with Gasteiger partial charge in [0.1, 0.15) is 5.56 Å². The molecule has 0 unspecified atom stereocenters. The van der Waals surface area contributed by atoms with Crippen LogP contribution in [-0.2, 0) is 17.1 Å². The van der Waals surface area contributed by atoms with Crippen LogP contribution in [0.5, 0.6) is 0 Å². The molecule has 0 atom stereocenters. The van der Waals surface area contributed by atoms with Crippen molar-refractivity contribution in [2.24, 2.45) is 7.05 Å². The molecule has 2 aromatic heterocycles. The maximum absolute atomic E-state index is 11.9. The van der Waals surface area contributed by atoms with Gasteiger partial charge < -0.3 is 5.11 Å². The van der Waals surface area contributed by atoms with E-state index in [-0.39, 0.29) is 16.4 Å². The Morgan fingerprint density at radius 1 is 1.56 bits per heavy atom. The number of anilines is 1. The number of aryl methyl sites for hydroxylation is 1. The molecule has 0 aliphatic heterocycles. The molecule has 0 bridgehead atoms. The van der Waals surface area contributed by atoms with Gasteiger partial charge in [-0.1, -0.05) is 0 Å². The van der Waals surface area contributed by atoms with E-state index in [0.29, 0.717) is 0 Å². The van der Waals surface area contributed by atoms with E-state index in [0.717, 1.165) is 10.9 Å². The fraction of sp³-hybridized carbons (Fsp3) is 0.125. The minimum Gasteiger partial charge on any atom is -0.477 e. The monoisotopic (exact) mass is 271 g/mol. The standard InChI is InChI=1S/C8H9N5O4S/c1-13-7(5(4-10-13)8(14)15)12-18(16,17)6-2-3-9-11-6/h2-4,12H,1H3,(H,9,11)(H,14,15). The lowest BCUT2D eigenvalue weighted by Crippen LogP contribution is -2.17. The zero-order valence-electron chi connectivity index (χ0n) is 9.15. The molecule has 10 heteroatoms. The molecule has 0 aliphatic rings. The topological polar surface area (TPSA) is 130 Å². The normalized spacial score (nSPS) is 11.4. The second-order valence-corrected chi connectivity index (χ2v) is 5.01. The van der Waals surface area contributed by atoms with E-state index in [1.165, 1.54) is 19.3 Å². The first-order valence-corrected chi connectivity index (χ1v) is 6.17. The molecule has 0 radical (unpaired) electrons. The summed E-state index contributed by atoms with van der Waals surface area (Å²) in [7, 11) is -2.48. The molecule has 3 N–H and O–H groups in total. The summed E-state index contributed by atoms with van der Waals surface area (Å²) in [5.74, 6) is -1.40. The van der Waals surface area contributed by atoms with Crippen LogP contribution in [0, 0.1) is 0 Å². The molecule has 2 rings (SSSR count). The van der Waals surface area contributed by atoms with Crippen LogP contribution in [0.25, 0.3) is 0 Å². The van der Waals surface area contributed by atoms with E-state index in [2.05, 4.69) is 20.0 Å². The smallest absolute Gasteiger partial charge is 0.341 e. The van der Waals surface area contributed by atoms with Crippen LogP contribution in [-0.4, -0.2) is 39.5 Å². The quantitative estimate of drug-likeness (QED) is 0.696. The highest BCUT2D eigenvalue weighted by molar-refractivity contribution is 7.92. The molecule has 9 nitrogen and oxygen atoms in total. The van der Waals surface area contributed by atoms with Gasteiger partial charge in [0.05, 0.1) is 12.4 Å². The van der Waals surface area contributed by atoms with E-state index in [1.54, 1.807) is 0 Å². The second-order valence-electron chi connectivity index (χ2n) is 3.36. The number of carboxylic acids is 1. The number of rotatable bonds is 4. The van der Waals surface area contributed by atoms with E-state index in [1.807, 2.05) is 0 Å². The summed E-state index contributed by atoms with van der Waals surface area (Å²) < 4.78 is 27.0. The van der Waals surface area contributed by atoms with Crippen LogP contribution >= 0.6 is 0 Å².